The van der Waals surface area contributed by atoms with Crippen LogP contribution in [0.3, 0.4) is 0 Å². The van der Waals surface area contributed by atoms with Gasteiger partial charge in [-0.05, 0) is 31.9 Å². The van der Waals surface area contributed by atoms with Crippen LogP contribution in [-0.4, -0.2) is 31.9 Å². The predicted octanol–water partition coefficient (Wildman–Crippen LogP) is 3.24. The maximum absolute atomic E-state index is 12.8. The first-order valence-corrected chi connectivity index (χ1v) is 7.09. The van der Waals surface area contributed by atoms with Crippen molar-refractivity contribution >= 4 is 0 Å². The number of halogens is 3. The Morgan fingerprint density at radius 2 is 1.95 bits per heavy atom. The first kappa shape index (κ1) is 16.1. The van der Waals surface area contributed by atoms with E-state index in [0.717, 1.165) is 32.1 Å². The van der Waals surface area contributed by atoms with Crippen LogP contribution < -0.4 is 10.1 Å². The summed E-state index contributed by atoms with van der Waals surface area (Å²) in [7, 11) is 0. The molecule has 1 aliphatic rings. The number of benzene rings is 1. The van der Waals surface area contributed by atoms with Gasteiger partial charge in [0, 0.05) is 25.3 Å². The van der Waals surface area contributed by atoms with Crippen molar-refractivity contribution in [2.75, 3.05) is 19.8 Å². The molecule has 1 atom stereocenters. The lowest BCUT2D eigenvalue weighted by Gasteiger charge is -2.27. The van der Waals surface area contributed by atoms with Crippen LogP contribution in [0.2, 0.25) is 0 Å². The molecule has 0 aromatic heterocycles. The maximum atomic E-state index is 12.8. The summed E-state index contributed by atoms with van der Waals surface area (Å²) < 4.78 is 49.1. The van der Waals surface area contributed by atoms with Crippen LogP contribution in [0.5, 0.6) is 5.75 Å². The average molecular weight is 303 g/mol. The molecule has 1 aromatic carbocycles. The highest BCUT2D eigenvalue weighted by Crippen LogP contribution is 2.35. The SMILES string of the molecule is C[C@H](COc1ccccc1C(F)(F)F)NC1CCOCC1. The highest BCUT2D eigenvalue weighted by atomic mass is 19.4. The Labute approximate surface area is 122 Å². The molecule has 6 heteroatoms. The van der Waals surface area contributed by atoms with E-state index in [4.69, 9.17) is 9.47 Å². The first-order chi connectivity index (χ1) is 9.97. The molecule has 1 saturated heterocycles. The van der Waals surface area contributed by atoms with Crippen molar-refractivity contribution in [3.63, 3.8) is 0 Å². The Morgan fingerprint density at radius 1 is 1.29 bits per heavy atom. The van der Waals surface area contributed by atoms with Crippen molar-refractivity contribution in [3.05, 3.63) is 29.8 Å². The second-order valence-electron chi connectivity index (χ2n) is 5.26. The lowest BCUT2D eigenvalue weighted by Crippen LogP contribution is -2.42. The zero-order valence-corrected chi connectivity index (χ0v) is 12.0. The topological polar surface area (TPSA) is 30.5 Å². The Bertz CT molecular complexity index is 445. The second-order valence-corrected chi connectivity index (χ2v) is 5.26. The van der Waals surface area contributed by atoms with E-state index in [1.54, 1.807) is 6.07 Å². The third-order valence-electron chi connectivity index (χ3n) is 3.42. The molecule has 1 N–H and O–H groups in total. The molecule has 2 rings (SSSR count). The molecular weight excluding hydrogens is 283 g/mol. The number of para-hydroxylation sites is 1. The van der Waals surface area contributed by atoms with Gasteiger partial charge in [-0.2, -0.15) is 13.2 Å². The largest absolute Gasteiger partial charge is 0.491 e. The zero-order chi connectivity index (χ0) is 15.3. The van der Waals surface area contributed by atoms with Gasteiger partial charge in [0.1, 0.15) is 12.4 Å². The van der Waals surface area contributed by atoms with Gasteiger partial charge >= 0.3 is 6.18 Å². The first-order valence-electron chi connectivity index (χ1n) is 7.09. The Kier molecular flexibility index (Phi) is 5.47. The monoisotopic (exact) mass is 303 g/mol. The quantitative estimate of drug-likeness (QED) is 0.906. The highest BCUT2D eigenvalue weighted by Gasteiger charge is 2.34. The van der Waals surface area contributed by atoms with Crippen molar-refractivity contribution in [1.29, 1.82) is 0 Å². The molecule has 0 spiro atoms. The van der Waals surface area contributed by atoms with Gasteiger partial charge in [-0.3, -0.25) is 0 Å². The van der Waals surface area contributed by atoms with Crippen molar-refractivity contribution < 1.29 is 22.6 Å². The van der Waals surface area contributed by atoms with Gasteiger partial charge in [-0.15, -0.1) is 0 Å². The van der Waals surface area contributed by atoms with E-state index in [9.17, 15) is 13.2 Å². The summed E-state index contributed by atoms with van der Waals surface area (Å²) in [5, 5.41) is 3.36. The van der Waals surface area contributed by atoms with Crippen LogP contribution in [0, 0.1) is 0 Å². The van der Waals surface area contributed by atoms with E-state index >= 15 is 0 Å². The van der Waals surface area contributed by atoms with Crippen molar-refractivity contribution in [2.24, 2.45) is 0 Å². The van der Waals surface area contributed by atoms with Gasteiger partial charge in [-0.25, -0.2) is 0 Å². The lowest BCUT2D eigenvalue weighted by molar-refractivity contribution is -0.139. The fourth-order valence-corrected chi connectivity index (χ4v) is 2.36. The molecule has 0 amide bonds. The second kappa shape index (κ2) is 7.13. The minimum Gasteiger partial charge on any atom is -0.491 e. The standard InChI is InChI=1S/C15H20F3NO2/c1-11(19-12-6-8-20-9-7-12)10-21-14-5-3-2-4-13(14)15(16,17)18/h2-5,11-12,19H,6-10H2,1H3/t11-/m1/s1. The molecule has 1 aliphatic heterocycles. The summed E-state index contributed by atoms with van der Waals surface area (Å²) in [4.78, 5) is 0. The van der Waals surface area contributed by atoms with E-state index in [0.29, 0.717) is 6.04 Å². The third-order valence-corrected chi connectivity index (χ3v) is 3.42. The zero-order valence-electron chi connectivity index (χ0n) is 12.0. The van der Waals surface area contributed by atoms with Crippen LogP contribution in [0.15, 0.2) is 24.3 Å². The third kappa shape index (κ3) is 4.89. The summed E-state index contributed by atoms with van der Waals surface area (Å²) in [5.41, 5.74) is -0.733. The normalized spacial score (nSPS) is 18.5. The summed E-state index contributed by atoms with van der Waals surface area (Å²) in [6.45, 7) is 3.56. The average Bonchev–Trinajstić information content (AvgIpc) is 2.45. The van der Waals surface area contributed by atoms with Crippen LogP contribution in [0.25, 0.3) is 0 Å². The predicted molar refractivity (Wildman–Crippen MR) is 73.4 cm³/mol. The van der Waals surface area contributed by atoms with Crippen molar-refractivity contribution in [1.82, 2.24) is 5.32 Å². The van der Waals surface area contributed by atoms with Gasteiger partial charge in [-0.1, -0.05) is 12.1 Å². The molecule has 0 aliphatic carbocycles. The number of rotatable bonds is 5. The van der Waals surface area contributed by atoms with Crippen LogP contribution in [0.1, 0.15) is 25.3 Å². The Morgan fingerprint density at radius 3 is 2.62 bits per heavy atom. The fourth-order valence-electron chi connectivity index (χ4n) is 2.36. The number of ether oxygens (including phenoxy) is 2. The summed E-state index contributed by atoms with van der Waals surface area (Å²) in [6.07, 6.45) is -2.55. The molecule has 3 nitrogen and oxygen atoms in total. The van der Waals surface area contributed by atoms with Gasteiger partial charge in [0.05, 0.1) is 5.56 Å². The van der Waals surface area contributed by atoms with Gasteiger partial charge in [0.25, 0.3) is 0 Å². The van der Waals surface area contributed by atoms with E-state index in [-0.39, 0.29) is 18.4 Å². The molecule has 0 saturated carbocycles. The van der Waals surface area contributed by atoms with Gasteiger partial charge in [0.2, 0.25) is 0 Å². The highest BCUT2D eigenvalue weighted by molar-refractivity contribution is 5.35. The number of hydrogen-bond donors (Lipinski definition) is 1. The maximum Gasteiger partial charge on any atom is 0.419 e. The molecule has 0 unspecified atom stereocenters. The number of nitrogens with one attached hydrogen (secondary N) is 1. The molecule has 0 radical (unpaired) electrons. The van der Waals surface area contributed by atoms with Crippen LogP contribution >= 0.6 is 0 Å². The van der Waals surface area contributed by atoms with Crippen molar-refractivity contribution in [2.45, 2.75) is 38.0 Å². The van der Waals surface area contributed by atoms with E-state index in [2.05, 4.69) is 5.32 Å². The fraction of sp³-hybridized carbons (Fsp3) is 0.600. The number of hydrogen-bond acceptors (Lipinski definition) is 3. The molecule has 118 valence electrons. The minimum atomic E-state index is -4.39. The Balaban J connectivity index is 1.87. The number of alkyl halides is 3. The summed E-state index contributed by atoms with van der Waals surface area (Å²) >= 11 is 0. The molecule has 0 bridgehead atoms. The van der Waals surface area contributed by atoms with E-state index < -0.39 is 11.7 Å². The van der Waals surface area contributed by atoms with Crippen LogP contribution in [0.4, 0.5) is 13.2 Å². The lowest BCUT2D eigenvalue weighted by atomic mass is 10.1. The summed E-state index contributed by atoms with van der Waals surface area (Å²) in [5.74, 6) is -0.120. The van der Waals surface area contributed by atoms with Crippen molar-refractivity contribution in [3.8, 4) is 5.75 Å². The van der Waals surface area contributed by atoms with Gasteiger partial charge < -0.3 is 14.8 Å². The molecule has 21 heavy (non-hydrogen) atoms. The smallest absolute Gasteiger partial charge is 0.419 e. The van der Waals surface area contributed by atoms with Gasteiger partial charge in [0.15, 0.2) is 0 Å². The minimum absolute atomic E-state index is 0.0191. The van der Waals surface area contributed by atoms with E-state index in [1.807, 2.05) is 6.92 Å². The molecule has 1 aromatic rings. The molecule has 1 heterocycles. The van der Waals surface area contributed by atoms with E-state index in [1.165, 1.54) is 12.1 Å². The molecular formula is C15H20F3NO2. The summed E-state index contributed by atoms with van der Waals surface area (Å²) in [6, 6.07) is 5.61. The van der Waals surface area contributed by atoms with Crippen LogP contribution in [-0.2, 0) is 10.9 Å². The molecule has 1 fully saturated rings. The Hall–Kier alpha value is -1.27.